The van der Waals surface area contributed by atoms with E-state index in [0.29, 0.717) is 30.3 Å². The van der Waals surface area contributed by atoms with Crippen LogP contribution in [0.15, 0.2) is 29.1 Å². The van der Waals surface area contributed by atoms with E-state index in [0.717, 1.165) is 22.3 Å². The van der Waals surface area contributed by atoms with Crippen LogP contribution in [0.2, 0.25) is 5.02 Å². The van der Waals surface area contributed by atoms with Crippen LogP contribution in [0, 0.1) is 0 Å². The molecule has 0 aliphatic carbocycles. The van der Waals surface area contributed by atoms with Crippen molar-refractivity contribution in [3.8, 4) is 5.75 Å². The fourth-order valence-electron chi connectivity index (χ4n) is 2.01. The number of nitrogens with zero attached hydrogens (tertiary/aromatic N) is 1. The summed E-state index contributed by atoms with van der Waals surface area (Å²) in [5, 5.41) is 6.07. The highest BCUT2D eigenvalue weighted by Gasteiger charge is 2.08. The number of carbonyl (C=O) groups is 1. The Balaban J connectivity index is 1.81. The number of fused-ring (bicyclic) bond motifs is 1. The molecule has 21 heavy (non-hydrogen) atoms. The summed E-state index contributed by atoms with van der Waals surface area (Å²) in [5.74, 6) is 0.605. The van der Waals surface area contributed by atoms with Gasteiger partial charge in [-0.1, -0.05) is 11.6 Å². The monoisotopic (exact) mass is 321 g/mol. The van der Waals surface area contributed by atoms with Gasteiger partial charge in [-0.3, -0.25) is 4.79 Å². The van der Waals surface area contributed by atoms with Crippen molar-refractivity contribution in [1.29, 1.82) is 0 Å². The van der Waals surface area contributed by atoms with E-state index in [9.17, 15) is 4.79 Å². The molecule has 0 saturated heterocycles. The van der Waals surface area contributed by atoms with Crippen molar-refractivity contribution < 1.29 is 9.53 Å². The Kier molecular flexibility index (Phi) is 4.08. The van der Waals surface area contributed by atoms with Crippen LogP contribution in [-0.4, -0.2) is 16.4 Å². The highest BCUT2D eigenvalue weighted by molar-refractivity contribution is 7.07. The summed E-state index contributed by atoms with van der Waals surface area (Å²) < 4.78 is 5.70. The van der Waals surface area contributed by atoms with Gasteiger partial charge in [-0.15, -0.1) is 11.3 Å². The number of H-pyrrole nitrogens is 1. The number of nitrogens with one attached hydrogen (secondary N) is 2. The number of aromatic amines is 1. The van der Waals surface area contributed by atoms with E-state index < -0.39 is 0 Å². The molecule has 0 fully saturated rings. The number of ether oxygens (including phenoxy) is 1. The first-order valence-corrected chi connectivity index (χ1v) is 7.56. The van der Waals surface area contributed by atoms with Crippen LogP contribution in [0.5, 0.6) is 5.75 Å². The molecule has 5 nitrogen and oxygen atoms in total. The third kappa shape index (κ3) is 3.17. The lowest BCUT2D eigenvalue weighted by Crippen LogP contribution is -2.09. The van der Waals surface area contributed by atoms with Crippen LogP contribution in [-0.2, 0) is 17.9 Å². The third-order valence-corrected chi connectivity index (χ3v) is 3.89. The minimum Gasteiger partial charge on any atom is -0.486 e. The number of halogens is 1. The summed E-state index contributed by atoms with van der Waals surface area (Å²) in [6, 6.07) is 5.64. The summed E-state index contributed by atoms with van der Waals surface area (Å²) in [7, 11) is 0. The van der Waals surface area contributed by atoms with Gasteiger partial charge in [0.15, 0.2) is 0 Å². The molecule has 0 unspecified atom stereocenters. The highest BCUT2D eigenvalue weighted by atomic mass is 35.5. The molecule has 2 N–H and O–H groups in total. The van der Waals surface area contributed by atoms with Gasteiger partial charge in [-0.2, -0.15) is 0 Å². The van der Waals surface area contributed by atoms with Crippen molar-refractivity contribution in [2.75, 3.05) is 0 Å². The normalized spacial score (nSPS) is 10.7. The number of thiazole rings is 1. The van der Waals surface area contributed by atoms with Gasteiger partial charge in [0.05, 0.1) is 22.8 Å². The van der Waals surface area contributed by atoms with E-state index in [-0.39, 0.29) is 0 Å². The molecule has 1 aromatic carbocycles. The van der Waals surface area contributed by atoms with E-state index in [2.05, 4.69) is 15.3 Å². The van der Waals surface area contributed by atoms with E-state index in [1.165, 1.54) is 11.3 Å². The summed E-state index contributed by atoms with van der Waals surface area (Å²) in [5.41, 5.74) is 4.46. The SMILES string of the molecule is O=CNCc1cc2cc(Cl)c(OCc3cscn3)cc2[nH]1. The van der Waals surface area contributed by atoms with E-state index in [4.69, 9.17) is 16.3 Å². The zero-order valence-electron chi connectivity index (χ0n) is 10.9. The third-order valence-electron chi connectivity index (χ3n) is 2.96. The second-order valence-corrected chi connectivity index (χ2v) is 5.56. The topological polar surface area (TPSA) is 67.0 Å². The van der Waals surface area contributed by atoms with E-state index in [1.54, 1.807) is 5.51 Å². The molecule has 0 saturated carbocycles. The molecule has 2 heterocycles. The Bertz CT molecular complexity index is 755. The molecule has 0 atom stereocenters. The molecule has 1 amide bonds. The molecular formula is C14H12ClN3O2S. The minimum atomic E-state index is 0.384. The van der Waals surface area contributed by atoms with Gasteiger partial charge in [0.25, 0.3) is 0 Å². The molecule has 7 heteroatoms. The van der Waals surface area contributed by atoms with Crippen LogP contribution in [0.1, 0.15) is 11.4 Å². The van der Waals surface area contributed by atoms with Crippen molar-refractivity contribution in [2.24, 2.45) is 0 Å². The quantitative estimate of drug-likeness (QED) is 0.686. The first-order chi connectivity index (χ1) is 10.3. The van der Waals surface area contributed by atoms with Crippen LogP contribution in [0.4, 0.5) is 0 Å². The number of rotatable bonds is 6. The number of hydrogen-bond acceptors (Lipinski definition) is 4. The van der Waals surface area contributed by atoms with Gasteiger partial charge >= 0.3 is 0 Å². The van der Waals surface area contributed by atoms with Crippen molar-refractivity contribution >= 4 is 40.3 Å². The molecule has 0 spiro atoms. The van der Waals surface area contributed by atoms with Crippen molar-refractivity contribution in [2.45, 2.75) is 13.2 Å². The van der Waals surface area contributed by atoms with Crippen molar-refractivity contribution in [3.05, 3.63) is 45.5 Å². The smallest absolute Gasteiger partial charge is 0.207 e. The Hall–Kier alpha value is -2.05. The highest BCUT2D eigenvalue weighted by Crippen LogP contribution is 2.31. The maximum atomic E-state index is 10.3. The number of hydrogen-bond donors (Lipinski definition) is 2. The number of carbonyl (C=O) groups excluding carboxylic acids is 1. The standard InChI is InChI=1S/C14H12ClN3O2S/c15-12-2-9-1-10(4-16-7-19)18-13(9)3-14(12)20-5-11-6-21-8-17-11/h1-3,6-8,18H,4-5H2,(H,16,19). The predicted molar refractivity (Wildman–Crippen MR) is 82.7 cm³/mol. The van der Waals surface area contributed by atoms with Gasteiger partial charge < -0.3 is 15.0 Å². The van der Waals surface area contributed by atoms with Gasteiger partial charge in [0.2, 0.25) is 6.41 Å². The molecule has 0 radical (unpaired) electrons. The Labute approximate surface area is 129 Å². The first-order valence-electron chi connectivity index (χ1n) is 6.24. The lowest BCUT2D eigenvalue weighted by molar-refractivity contribution is -0.109. The van der Waals surface area contributed by atoms with Crippen LogP contribution >= 0.6 is 22.9 Å². The van der Waals surface area contributed by atoms with Gasteiger partial charge in [-0.05, 0) is 12.1 Å². The average molecular weight is 322 g/mol. The van der Waals surface area contributed by atoms with E-state index >= 15 is 0 Å². The van der Waals surface area contributed by atoms with Gasteiger partial charge in [0, 0.05) is 28.0 Å². The molecule has 3 rings (SSSR count). The molecule has 0 aliphatic heterocycles. The Morgan fingerprint density at radius 1 is 1.43 bits per heavy atom. The zero-order valence-corrected chi connectivity index (χ0v) is 12.5. The fraction of sp³-hybridized carbons (Fsp3) is 0.143. The van der Waals surface area contributed by atoms with E-state index in [1.807, 2.05) is 23.6 Å². The number of benzene rings is 1. The largest absolute Gasteiger partial charge is 0.486 e. The molecule has 3 aromatic rings. The lowest BCUT2D eigenvalue weighted by Gasteiger charge is -2.06. The van der Waals surface area contributed by atoms with Crippen molar-refractivity contribution in [1.82, 2.24) is 15.3 Å². The summed E-state index contributed by atoms with van der Waals surface area (Å²) in [6.45, 7) is 0.833. The average Bonchev–Trinajstić information content (AvgIpc) is 3.11. The fourth-order valence-corrected chi connectivity index (χ4v) is 2.78. The summed E-state index contributed by atoms with van der Waals surface area (Å²) in [4.78, 5) is 17.7. The predicted octanol–water partition coefficient (Wildman–Crippen LogP) is 3.10. The number of aromatic nitrogens is 2. The van der Waals surface area contributed by atoms with Crippen molar-refractivity contribution in [3.63, 3.8) is 0 Å². The Morgan fingerprint density at radius 3 is 3.10 bits per heavy atom. The summed E-state index contributed by atoms with van der Waals surface area (Å²) >= 11 is 7.76. The molecular weight excluding hydrogens is 310 g/mol. The maximum Gasteiger partial charge on any atom is 0.207 e. The second kappa shape index (κ2) is 6.15. The first kappa shape index (κ1) is 13.9. The minimum absolute atomic E-state index is 0.384. The summed E-state index contributed by atoms with van der Waals surface area (Å²) in [6.07, 6.45) is 0.668. The van der Waals surface area contributed by atoms with Crippen LogP contribution in [0.25, 0.3) is 10.9 Å². The Morgan fingerprint density at radius 2 is 2.33 bits per heavy atom. The van der Waals surface area contributed by atoms with Crippen LogP contribution < -0.4 is 10.1 Å². The van der Waals surface area contributed by atoms with Crippen LogP contribution in [0.3, 0.4) is 0 Å². The maximum absolute atomic E-state index is 10.3. The molecule has 2 aromatic heterocycles. The second-order valence-electron chi connectivity index (χ2n) is 4.43. The lowest BCUT2D eigenvalue weighted by atomic mass is 10.2. The van der Waals surface area contributed by atoms with Gasteiger partial charge in [-0.25, -0.2) is 4.98 Å². The molecule has 108 valence electrons. The zero-order chi connectivity index (χ0) is 14.7. The molecule has 0 aliphatic rings. The number of amides is 1. The molecule has 0 bridgehead atoms. The van der Waals surface area contributed by atoms with Gasteiger partial charge in [0.1, 0.15) is 12.4 Å².